The molecule has 1 fully saturated rings. The van der Waals surface area contributed by atoms with Crippen LogP contribution in [0.25, 0.3) is 28.2 Å². The van der Waals surface area contributed by atoms with E-state index < -0.39 is 35.3 Å². The van der Waals surface area contributed by atoms with E-state index in [2.05, 4.69) is 5.16 Å². The molecule has 43 heavy (non-hydrogen) atoms. The first kappa shape index (κ1) is 30.0. The maximum absolute atomic E-state index is 15.1. The number of benzene rings is 3. The van der Waals surface area contributed by atoms with Crippen LogP contribution < -0.4 is 0 Å². The van der Waals surface area contributed by atoms with Crippen molar-refractivity contribution in [2.45, 2.75) is 50.6 Å². The van der Waals surface area contributed by atoms with E-state index in [1.165, 1.54) is 6.92 Å². The molecule has 1 saturated carbocycles. The lowest BCUT2D eigenvalue weighted by Crippen LogP contribution is -2.23. The van der Waals surface area contributed by atoms with Crippen molar-refractivity contribution < 1.29 is 41.1 Å². The van der Waals surface area contributed by atoms with Crippen molar-refractivity contribution in [1.82, 2.24) is 5.16 Å². The number of esters is 1. The second-order valence-corrected chi connectivity index (χ2v) is 10.6. The molecule has 0 saturated heterocycles. The van der Waals surface area contributed by atoms with Gasteiger partial charge < -0.3 is 14.4 Å². The fourth-order valence-corrected chi connectivity index (χ4v) is 5.02. The van der Waals surface area contributed by atoms with E-state index in [0.29, 0.717) is 30.4 Å². The average molecular weight is 598 g/mol. The fraction of sp³-hybridized carbons (Fsp3) is 0.273. The number of carbonyl (C=O) groups is 1. The Labute approximate surface area is 244 Å². The van der Waals surface area contributed by atoms with Crippen LogP contribution in [0.4, 0.5) is 22.0 Å². The van der Waals surface area contributed by atoms with Gasteiger partial charge in [-0.3, -0.25) is 4.79 Å². The van der Waals surface area contributed by atoms with Gasteiger partial charge in [-0.2, -0.15) is 13.2 Å². The third kappa shape index (κ3) is 6.33. The number of carbonyl (C=O) groups excluding carboxylic acids is 1. The summed E-state index contributed by atoms with van der Waals surface area (Å²) >= 11 is 0. The Balaban J connectivity index is 1.32. The fourth-order valence-electron chi connectivity index (χ4n) is 5.02. The lowest BCUT2D eigenvalue weighted by Gasteiger charge is -2.15. The third-order valence-electron chi connectivity index (χ3n) is 7.59. The highest BCUT2D eigenvalue weighted by Crippen LogP contribution is 2.49. The molecule has 5 rings (SSSR count). The van der Waals surface area contributed by atoms with Crippen molar-refractivity contribution in [2.75, 3.05) is 6.61 Å². The smallest absolute Gasteiger partial charge is 0.416 e. The van der Waals surface area contributed by atoms with Gasteiger partial charge in [-0.25, -0.2) is 8.78 Å². The Morgan fingerprint density at radius 1 is 0.930 bits per heavy atom. The third-order valence-corrected chi connectivity index (χ3v) is 7.59. The number of ether oxygens (including phenoxy) is 1. The zero-order valence-electron chi connectivity index (χ0n) is 23.3. The summed E-state index contributed by atoms with van der Waals surface area (Å²) in [7, 11) is 0. The predicted octanol–water partition coefficient (Wildman–Crippen LogP) is 8.71. The highest BCUT2D eigenvalue weighted by molar-refractivity contribution is 5.87. The highest BCUT2D eigenvalue weighted by atomic mass is 19.4. The van der Waals surface area contributed by atoms with Crippen molar-refractivity contribution >= 4 is 11.7 Å². The number of aryl methyl sites for hydroxylation is 1. The molecule has 1 aliphatic carbocycles. The molecule has 0 atom stereocenters. The van der Waals surface area contributed by atoms with E-state index in [4.69, 9.17) is 9.26 Å². The number of aromatic nitrogens is 1. The van der Waals surface area contributed by atoms with E-state index >= 15 is 8.78 Å². The molecule has 1 N–H and O–H groups in total. The minimum absolute atomic E-state index is 0.132. The number of rotatable bonds is 9. The number of nitrogens with zero attached hydrogens (tertiary/aromatic N) is 1. The van der Waals surface area contributed by atoms with E-state index in [-0.39, 0.29) is 28.6 Å². The topological polar surface area (TPSA) is 72.6 Å². The molecular weight excluding hydrogens is 569 g/mol. The van der Waals surface area contributed by atoms with Crippen molar-refractivity contribution in [2.24, 2.45) is 0 Å². The Bertz CT molecular complexity index is 1630. The Kier molecular flexibility index (Phi) is 7.89. The van der Waals surface area contributed by atoms with Gasteiger partial charge >= 0.3 is 12.1 Å². The molecule has 1 heterocycles. The number of hydrogen-bond acceptors (Lipinski definition) is 5. The number of aliphatic hydroxyl groups is 1. The first-order valence-electron chi connectivity index (χ1n) is 13.6. The Morgan fingerprint density at radius 2 is 1.49 bits per heavy atom. The molecule has 10 heteroatoms. The van der Waals surface area contributed by atoms with E-state index in [0.717, 1.165) is 41.7 Å². The van der Waals surface area contributed by atoms with Crippen LogP contribution in [0.1, 0.15) is 47.7 Å². The molecule has 0 aliphatic heterocycles. The second kappa shape index (κ2) is 11.3. The summed E-state index contributed by atoms with van der Waals surface area (Å²) in [5.74, 6) is -4.48. The van der Waals surface area contributed by atoms with Gasteiger partial charge in [0.25, 0.3) is 5.92 Å². The first-order valence-corrected chi connectivity index (χ1v) is 13.6. The minimum Gasteiger partial charge on any atom is -0.507 e. The summed E-state index contributed by atoms with van der Waals surface area (Å²) in [6, 6.07) is 18.0. The molecule has 0 spiro atoms. The molecular formula is C33H28F5NO4. The quantitative estimate of drug-likeness (QED) is 0.119. The maximum Gasteiger partial charge on any atom is 0.416 e. The normalized spacial score (nSPS) is 14.9. The summed E-state index contributed by atoms with van der Waals surface area (Å²) in [6.45, 7) is 3.64. The van der Waals surface area contributed by atoms with Gasteiger partial charge in [-0.15, -0.1) is 0 Å². The van der Waals surface area contributed by atoms with Crippen LogP contribution in [0.15, 0.2) is 83.4 Å². The molecule has 1 aliphatic rings. The van der Waals surface area contributed by atoms with Crippen LogP contribution in [0.5, 0.6) is 0 Å². The number of allylic oxidation sites excluding steroid dienone is 1. The summed E-state index contributed by atoms with van der Waals surface area (Å²) in [5, 5.41) is 14.1. The van der Waals surface area contributed by atoms with Gasteiger partial charge in [0.1, 0.15) is 5.76 Å². The maximum atomic E-state index is 15.1. The minimum atomic E-state index is -4.59. The lowest BCUT2D eigenvalue weighted by molar-refractivity contribution is -0.146. The van der Waals surface area contributed by atoms with Crippen molar-refractivity contribution in [3.05, 3.63) is 107 Å². The predicted molar refractivity (Wildman–Crippen MR) is 150 cm³/mol. The van der Waals surface area contributed by atoms with Crippen LogP contribution in [0.2, 0.25) is 0 Å². The molecule has 1 aromatic heterocycles. The summed E-state index contributed by atoms with van der Waals surface area (Å²) in [5.41, 5.74) is 1.87. The number of alkyl halides is 5. The van der Waals surface area contributed by atoms with Gasteiger partial charge in [0.2, 0.25) is 0 Å². The van der Waals surface area contributed by atoms with Gasteiger partial charge in [0.05, 0.1) is 23.3 Å². The standard InChI is InChI=1S/C33H28F5NO4/c1-3-42-30(41)31(16-17-31)25-12-8-22(9-13-25)21-4-6-24(7-5-21)29-27(20(2)39-43-29)18-32(34,35)19-28(40)23-10-14-26(15-11-23)33(36,37)38/h4-15,19,40H,3,16-18H2,1-2H3/b28-19-. The number of aliphatic hydroxyl groups excluding tert-OH is 1. The van der Waals surface area contributed by atoms with Gasteiger partial charge in [-0.1, -0.05) is 65.8 Å². The monoisotopic (exact) mass is 597 g/mol. The van der Waals surface area contributed by atoms with Crippen molar-refractivity contribution in [3.8, 4) is 22.5 Å². The van der Waals surface area contributed by atoms with Gasteiger partial charge in [0, 0.05) is 29.2 Å². The van der Waals surface area contributed by atoms with Crippen molar-refractivity contribution in [1.29, 1.82) is 0 Å². The molecule has 224 valence electrons. The van der Waals surface area contributed by atoms with Crippen LogP contribution in [-0.2, 0) is 27.5 Å². The Hall–Kier alpha value is -4.47. The first-order chi connectivity index (χ1) is 20.3. The Morgan fingerprint density at radius 3 is 2.02 bits per heavy atom. The van der Waals surface area contributed by atoms with E-state index in [1.807, 2.05) is 36.4 Å². The number of hydrogen-bond donors (Lipinski definition) is 1. The van der Waals surface area contributed by atoms with E-state index in [1.54, 1.807) is 19.1 Å². The summed E-state index contributed by atoms with van der Waals surface area (Å²) < 4.78 is 79.1. The SMILES string of the molecule is CCOC(=O)C1(c2ccc(-c3ccc(-c4onc(C)c4CC(F)(F)/C=C(\O)c4ccc(C(F)(F)F)cc4)cc3)cc2)CC1. The molecule has 3 aromatic carbocycles. The van der Waals surface area contributed by atoms with Crippen LogP contribution in [-0.4, -0.2) is 28.8 Å². The molecule has 0 bridgehead atoms. The van der Waals surface area contributed by atoms with E-state index in [9.17, 15) is 23.1 Å². The summed E-state index contributed by atoms with van der Waals surface area (Å²) in [4.78, 5) is 12.4. The van der Waals surface area contributed by atoms with Gasteiger partial charge in [-0.05, 0) is 55.5 Å². The molecule has 5 nitrogen and oxygen atoms in total. The van der Waals surface area contributed by atoms with Crippen LogP contribution in [0.3, 0.4) is 0 Å². The molecule has 0 amide bonds. The van der Waals surface area contributed by atoms with Crippen molar-refractivity contribution in [3.63, 3.8) is 0 Å². The van der Waals surface area contributed by atoms with Crippen LogP contribution in [0, 0.1) is 6.92 Å². The molecule has 0 radical (unpaired) electrons. The summed E-state index contributed by atoms with van der Waals surface area (Å²) in [6.07, 6.45) is -3.62. The number of halogens is 5. The highest BCUT2D eigenvalue weighted by Gasteiger charge is 2.52. The zero-order valence-corrected chi connectivity index (χ0v) is 23.3. The van der Waals surface area contributed by atoms with Gasteiger partial charge in [0.15, 0.2) is 5.76 Å². The molecule has 0 unspecified atom stereocenters. The largest absolute Gasteiger partial charge is 0.507 e. The second-order valence-electron chi connectivity index (χ2n) is 10.6. The zero-order chi connectivity index (χ0) is 31.0. The van der Waals surface area contributed by atoms with Crippen LogP contribution >= 0.6 is 0 Å². The lowest BCUT2D eigenvalue weighted by atomic mass is 9.93. The average Bonchev–Trinajstić information content (AvgIpc) is 3.72. The molecule has 4 aromatic rings.